The normalized spacial score (nSPS) is 18.7. The summed E-state index contributed by atoms with van der Waals surface area (Å²) in [5, 5.41) is 11.7. The van der Waals surface area contributed by atoms with Gasteiger partial charge in [0.1, 0.15) is 0 Å². The van der Waals surface area contributed by atoms with Crippen molar-refractivity contribution in [1.82, 2.24) is 0 Å². The molecule has 3 rings (SSSR count). The highest BCUT2D eigenvalue weighted by molar-refractivity contribution is 5.90. The van der Waals surface area contributed by atoms with Gasteiger partial charge in [0, 0.05) is 0 Å². The van der Waals surface area contributed by atoms with Crippen LogP contribution in [0.1, 0.15) is 23.5 Å². The van der Waals surface area contributed by atoms with Gasteiger partial charge in [-0.15, -0.1) is 0 Å². The molecule has 0 heterocycles. The number of benzene rings is 2. The van der Waals surface area contributed by atoms with E-state index in [0.29, 0.717) is 0 Å². The molecule has 0 N–H and O–H groups in total. The molecule has 1 aliphatic carbocycles. The van der Waals surface area contributed by atoms with E-state index in [0.717, 1.165) is 12.8 Å². The Morgan fingerprint density at radius 1 is 1.13 bits per heavy atom. The van der Waals surface area contributed by atoms with Crippen LogP contribution in [0.15, 0.2) is 36.4 Å². The second-order valence-corrected chi connectivity index (χ2v) is 4.08. The Morgan fingerprint density at radius 3 is 2.73 bits per heavy atom. The standard InChI is InChI=1S/C14H11N/c15-9-12-8-7-11-4-1-3-10-5-2-6-13(12)14(10)11/h1-6,12H,7-8H2. The van der Waals surface area contributed by atoms with Crippen molar-refractivity contribution in [3.63, 3.8) is 0 Å². The molecular formula is C14H11N. The zero-order chi connectivity index (χ0) is 10.3. The largest absolute Gasteiger partial charge is 0.198 e. The van der Waals surface area contributed by atoms with Gasteiger partial charge >= 0.3 is 0 Å². The summed E-state index contributed by atoms with van der Waals surface area (Å²) in [4.78, 5) is 0. The molecule has 2 aromatic carbocycles. The first-order valence-electron chi connectivity index (χ1n) is 5.30. The minimum atomic E-state index is 0.0867. The molecule has 0 spiro atoms. The fourth-order valence-electron chi connectivity index (χ4n) is 2.54. The lowest BCUT2D eigenvalue weighted by molar-refractivity contribution is 0.735. The second kappa shape index (κ2) is 3.10. The average Bonchev–Trinajstić information content (AvgIpc) is 2.30. The summed E-state index contributed by atoms with van der Waals surface area (Å²) in [6, 6.07) is 15.1. The van der Waals surface area contributed by atoms with Crippen molar-refractivity contribution in [3.8, 4) is 6.07 Å². The molecule has 0 saturated carbocycles. The van der Waals surface area contributed by atoms with E-state index in [1.165, 1.54) is 21.9 Å². The zero-order valence-electron chi connectivity index (χ0n) is 8.40. The Balaban J connectivity index is 2.42. The third kappa shape index (κ3) is 1.15. The molecule has 15 heavy (non-hydrogen) atoms. The van der Waals surface area contributed by atoms with Crippen LogP contribution >= 0.6 is 0 Å². The van der Waals surface area contributed by atoms with Crippen LogP contribution in [0, 0.1) is 11.3 Å². The summed E-state index contributed by atoms with van der Waals surface area (Å²) in [5.74, 6) is 0.0867. The molecule has 1 heteroatoms. The molecule has 72 valence electrons. The number of hydrogen-bond acceptors (Lipinski definition) is 1. The van der Waals surface area contributed by atoms with Crippen LogP contribution in [0.2, 0.25) is 0 Å². The molecule has 0 saturated heterocycles. The van der Waals surface area contributed by atoms with Gasteiger partial charge in [-0.25, -0.2) is 0 Å². The van der Waals surface area contributed by atoms with Crippen LogP contribution < -0.4 is 0 Å². The molecule has 2 aromatic rings. The van der Waals surface area contributed by atoms with Gasteiger partial charge in [0.15, 0.2) is 0 Å². The molecule has 0 fully saturated rings. The summed E-state index contributed by atoms with van der Waals surface area (Å²) in [6.45, 7) is 0. The van der Waals surface area contributed by atoms with Crippen LogP contribution in [-0.2, 0) is 6.42 Å². The van der Waals surface area contributed by atoms with Crippen molar-refractivity contribution in [2.45, 2.75) is 18.8 Å². The number of aryl methyl sites for hydroxylation is 1. The van der Waals surface area contributed by atoms with Crippen molar-refractivity contribution in [3.05, 3.63) is 47.5 Å². The molecule has 1 aliphatic rings. The van der Waals surface area contributed by atoms with E-state index in [2.05, 4.69) is 42.5 Å². The summed E-state index contributed by atoms with van der Waals surface area (Å²) >= 11 is 0. The average molecular weight is 193 g/mol. The summed E-state index contributed by atoms with van der Waals surface area (Å²) in [5.41, 5.74) is 2.62. The number of nitrogens with zero attached hydrogens (tertiary/aromatic N) is 1. The molecule has 0 aromatic heterocycles. The maximum atomic E-state index is 9.12. The first-order chi connectivity index (χ1) is 7.40. The first-order valence-corrected chi connectivity index (χ1v) is 5.30. The van der Waals surface area contributed by atoms with Gasteiger partial charge in [0.2, 0.25) is 0 Å². The monoisotopic (exact) mass is 193 g/mol. The Labute approximate surface area is 89.0 Å². The predicted molar refractivity (Wildman–Crippen MR) is 60.6 cm³/mol. The Morgan fingerprint density at radius 2 is 1.93 bits per heavy atom. The molecule has 1 unspecified atom stereocenters. The predicted octanol–water partition coefficient (Wildman–Crippen LogP) is 3.39. The van der Waals surface area contributed by atoms with Crippen LogP contribution in [-0.4, -0.2) is 0 Å². The molecule has 1 nitrogen and oxygen atoms in total. The maximum Gasteiger partial charge on any atom is 0.0722 e. The lowest BCUT2D eigenvalue weighted by Crippen LogP contribution is -2.06. The van der Waals surface area contributed by atoms with E-state index in [1.54, 1.807) is 0 Å². The highest BCUT2D eigenvalue weighted by Gasteiger charge is 2.20. The SMILES string of the molecule is N#CC1CCc2cccc3cccc1c23. The van der Waals surface area contributed by atoms with Gasteiger partial charge in [-0.3, -0.25) is 0 Å². The summed E-state index contributed by atoms with van der Waals surface area (Å²) < 4.78 is 0. The minimum absolute atomic E-state index is 0.0867. The van der Waals surface area contributed by atoms with E-state index >= 15 is 0 Å². The molecule has 0 aliphatic heterocycles. The highest BCUT2D eigenvalue weighted by Crippen LogP contribution is 2.35. The number of nitriles is 1. The van der Waals surface area contributed by atoms with Crippen LogP contribution in [0.25, 0.3) is 10.8 Å². The van der Waals surface area contributed by atoms with Gasteiger partial charge in [-0.1, -0.05) is 36.4 Å². The fraction of sp³-hybridized carbons (Fsp3) is 0.214. The smallest absolute Gasteiger partial charge is 0.0722 e. The summed E-state index contributed by atoms with van der Waals surface area (Å²) in [7, 11) is 0. The Hall–Kier alpha value is -1.81. The van der Waals surface area contributed by atoms with Crippen molar-refractivity contribution in [2.24, 2.45) is 0 Å². The summed E-state index contributed by atoms with van der Waals surface area (Å²) in [6.07, 6.45) is 2.00. The van der Waals surface area contributed by atoms with Crippen molar-refractivity contribution >= 4 is 10.8 Å². The third-order valence-corrected chi connectivity index (χ3v) is 3.26. The van der Waals surface area contributed by atoms with E-state index in [9.17, 15) is 0 Å². The molecule has 0 radical (unpaired) electrons. The van der Waals surface area contributed by atoms with Crippen molar-refractivity contribution < 1.29 is 0 Å². The third-order valence-electron chi connectivity index (χ3n) is 3.26. The zero-order valence-corrected chi connectivity index (χ0v) is 8.40. The van der Waals surface area contributed by atoms with E-state index in [-0.39, 0.29) is 5.92 Å². The van der Waals surface area contributed by atoms with Crippen LogP contribution in [0.5, 0.6) is 0 Å². The van der Waals surface area contributed by atoms with Gasteiger partial charge in [-0.05, 0) is 34.7 Å². The Bertz CT molecular complexity index is 558. The maximum absolute atomic E-state index is 9.12. The second-order valence-electron chi connectivity index (χ2n) is 4.08. The van der Waals surface area contributed by atoms with E-state index in [4.69, 9.17) is 5.26 Å². The lowest BCUT2D eigenvalue weighted by atomic mass is 9.82. The highest BCUT2D eigenvalue weighted by atomic mass is 14.3. The minimum Gasteiger partial charge on any atom is -0.198 e. The number of hydrogen-bond donors (Lipinski definition) is 0. The van der Waals surface area contributed by atoms with E-state index < -0.39 is 0 Å². The topological polar surface area (TPSA) is 23.8 Å². The van der Waals surface area contributed by atoms with Crippen molar-refractivity contribution in [1.29, 1.82) is 5.26 Å². The Kier molecular flexibility index (Phi) is 1.76. The lowest BCUT2D eigenvalue weighted by Gasteiger charge is -2.20. The van der Waals surface area contributed by atoms with Crippen LogP contribution in [0.3, 0.4) is 0 Å². The molecule has 0 bridgehead atoms. The fourth-order valence-corrected chi connectivity index (χ4v) is 2.54. The molecule has 0 amide bonds. The van der Waals surface area contributed by atoms with Gasteiger partial charge in [0.05, 0.1) is 12.0 Å². The van der Waals surface area contributed by atoms with Gasteiger partial charge in [0.25, 0.3) is 0 Å². The van der Waals surface area contributed by atoms with E-state index in [1.807, 2.05) is 0 Å². The quantitative estimate of drug-likeness (QED) is 0.629. The van der Waals surface area contributed by atoms with Gasteiger partial charge in [-0.2, -0.15) is 5.26 Å². The van der Waals surface area contributed by atoms with Gasteiger partial charge < -0.3 is 0 Å². The first kappa shape index (κ1) is 8.49. The van der Waals surface area contributed by atoms with Crippen molar-refractivity contribution in [2.75, 3.05) is 0 Å². The molecule has 1 atom stereocenters. The molecular weight excluding hydrogens is 182 g/mol. The van der Waals surface area contributed by atoms with Crippen LogP contribution in [0.4, 0.5) is 0 Å². The number of rotatable bonds is 0.